The van der Waals surface area contributed by atoms with Gasteiger partial charge in [-0.2, -0.15) is 9.36 Å². The molecule has 0 atom stereocenters. The minimum atomic E-state index is -3.73. The van der Waals surface area contributed by atoms with Gasteiger partial charge in [0.1, 0.15) is 11.5 Å². The molecule has 10 heteroatoms. The Morgan fingerprint density at radius 1 is 1.10 bits per heavy atom. The first-order chi connectivity index (χ1) is 13.8. The molecule has 0 fully saturated rings. The van der Waals surface area contributed by atoms with E-state index in [1.165, 1.54) is 14.2 Å². The Balaban J connectivity index is 1.76. The van der Waals surface area contributed by atoms with Crippen molar-refractivity contribution in [3.8, 4) is 11.5 Å². The summed E-state index contributed by atoms with van der Waals surface area (Å²) in [6, 6.07) is 11.9. The van der Waals surface area contributed by atoms with E-state index in [4.69, 9.17) is 9.47 Å². The molecule has 0 saturated carbocycles. The highest BCUT2D eigenvalue weighted by atomic mass is 32.2. The smallest absolute Gasteiger partial charge is 0.261 e. The van der Waals surface area contributed by atoms with Crippen LogP contribution in [0.5, 0.6) is 11.5 Å². The maximum atomic E-state index is 12.6. The number of amides is 1. The Bertz CT molecular complexity index is 1130. The van der Waals surface area contributed by atoms with Crippen LogP contribution in [0.25, 0.3) is 0 Å². The van der Waals surface area contributed by atoms with Crippen molar-refractivity contribution in [2.24, 2.45) is 0 Å². The van der Waals surface area contributed by atoms with E-state index >= 15 is 0 Å². The number of ether oxygens (including phenoxy) is 2. The molecule has 1 heterocycles. The normalized spacial score (nSPS) is 11.1. The van der Waals surface area contributed by atoms with Crippen molar-refractivity contribution in [2.45, 2.75) is 17.8 Å². The van der Waals surface area contributed by atoms with E-state index in [9.17, 15) is 13.2 Å². The highest BCUT2D eigenvalue weighted by molar-refractivity contribution is 7.90. The summed E-state index contributed by atoms with van der Waals surface area (Å²) in [5.74, 6) is 0.143. The molecule has 8 nitrogen and oxygen atoms in total. The highest BCUT2D eigenvalue weighted by Crippen LogP contribution is 2.26. The van der Waals surface area contributed by atoms with Crippen LogP contribution in [0.4, 0.5) is 5.13 Å². The molecule has 0 radical (unpaired) electrons. The van der Waals surface area contributed by atoms with Gasteiger partial charge in [-0.3, -0.25) is 10.1 Å². The number of methoxy groups -OCH3 is 2. The van der Waals surface area contributed by atoms with Crippen molar-refractivity contribution in [1.82, 2.24) is 9.36 Å². The summed E-state index contributed by atoms with van der Waals surface area (Å²) in [5, 5.41) is 2.31. The summed E-state index contributed by atoms with van der Waals surface area (Å²) in [5.41, 5.74) is 1.93. The summed E-state index contributed by atoms with van der Waals surface area (Å²) >= 11 is 0.796. The first kappa shape index (κ1) is 20.7. The van der Waals surface area contributed by atoms with Crippen LogP contribution < -0.4 is 14.8 Å². The summed E-state index contributed by atoms with van der Waals surface area (Å²) in [7, 11) is -0.787. The number of hydrogen-bond acceptors (Lipinski definition) is 8. The van der Waals surface area contributed by atoms with Gasteiger partial charge in [-0.05, 0) is 24.6 Å². The Labute approximate surface area is 172 Å². The predicted octanol–water partition coefficient (Wildman–Crippen LogP) is 3.09. The van der Waals surface area contributed by atoms with Crippen LogP contribution in [0.2, 0.25) is 0 Å². The number of anilines is 1. The number of benzene rings is 2. The lowest BCUT2D eigenvalue weighted by Gasteiger charge is -2.09. The quantitative estimate of drug-likeness (QED) is 0.610. The van der Waals surface area contributed by atoms with Gasteiger partial charge in [0.25, 0.3) is 11.1 Å². The molecule has 0 aliphatic carbocycles. The van der Waals surface area contributed by atoms with Crippen LogP contribution in [-0.4, -0.2) is 37.9 Å². The number of aryl methyl sites for hydroxylation is 1. The van der Waals surface area contributed by atoms with E-state index in [0.29, 0.717) is 17.1 Å². The first-order valence-electron chi connectivity index (χ1n) is 8.48. The van der Waals surface area contributed by atoms with Crippen LogP contribution in [0.1, 0.15) is 21.5 Å². The van der Waals surface area contributed by atoms with E-state index in [-0.39, 0.29) is 21.6 Å². The van der Waals surface area contributed by atoms with Crippen LogP contribution in [0.3, 0.4) is 0 Å². The number of aromatic nitrogens is 2. The van der Waals surface area contributed by atoms with Crippen molar-refractivity contribution in [3.63, 3.8) is 0 Å². The molecule has 1 amide bonds. The van der Waals surface area contributed by atoms with Crippen molar-refractivity contribution < 1.29 is 22.7 Å². The van der Waals surface area contributed by atoms with Gasteiger partial charge < -0.3 is 9.47 Å². The fourth-order valence-corrected chi connectivity index (χ4v) is 4.59. The zero-order chi connectivity index (χ0) is 21.0. The number of sulfone groups is 1. The summed E-state index contributed by atoms with van der Waals surface area (Å²) < 4.78 is 39.3. The van der Waals surface area contributed by atoms with Crippen molar-refractivity contribution >= 4 is 32.4 Å². The maximum Gasteiger partial charge on any atom is 0.261 e. The predicted molar refractivity (Wildman–Crippen MR) is 109 cm³/mol. The molecule has 0 bridgehead atoms. The second-order valence-corrected chi connectivity index (χ2v) is 8.78. The molecule has 3 rings (SSSR count). The van der Waals surface area contributed by atoms with E-state index in [1.54, 1.807) is 30.3 Å². The molecule has 3 aromatic rings. The molecule has 1 aromatic heterocycles. The molecular weight excluding hydrogens is 414 g/mol. The number of hydrogen-bond donors (Lipinski definition) is 1. The summed E-state index contributed by atoms with van der Waals surface area (Å²) in [6.45, 7) is 1.92. The Kier molecular flexibility index (Phi) is 6.14. The van der Waals surface area contributed by atoms with Crippen LogP contribution in [0.15, 0.2) is 47.6 Å². The number of nitrogens with zero attached hydrogens (tertiary/aromatic N) is 2. The average molecular weight is 434 g/mol. The van der Waals surface area contributed by atoms with Crippen molar-refractivity contribution in [1.29, 1.82) is 0 Å². The van der Waals surface area contributed by atoms with E-state index in [2.05, 4.69) is 14.7 Å². The van der Waals surface area contributed by atoms with Gasteiger partial charge in [0, 0.05) is 17.6 Å². The fraction of sp³-hybridized carbons (Fsp3) is 0.211. The van der Waals surface area contributed by atoms with Gasteiger partial charge in [-0.15, -0.1) is 0 Å². The molecular formula is C19H19N3O5S2. The molecule has 0 aliphatic heterocycles. The standard InChI is InChI=1S/C19H19N3O5S2/c1-12-4-6-13(7-5-12)11-29(24,25)19-21-18(28-22-19)20-17(23)15-9-8-14(26-2)10-16(15)27-3/h4-10H,11H2,1-3H3,(H,20,21,22,23). The van der Waals surface area contributed by atoms with Crippen molar-refractivity contribution in [3.05, 3.63) is 59.2 Å². The molecule has 0 spiro atoms. The number of rotatable bonds is 7. The summed E-state index contributed by atoms with van der Waals surface area (Å²) in [4.78, 5) is 16.5. The summed E-state index contributed by atoms with van der Waals surface area (Å²) in [6.07, 6.45) is 0. The lowest BCUT2D eigenvalue weighted by atomic mass is 10.2. The fourth-order valence-electron chi connectivity index (χ4n) is 2.51. The van der Waals surface area contributed by atoms with Crippen LogP contribution >= 0.6 is 11.5 Å². The van der Waals surface area contributed by atoms with Gasteiger partial charge >= 0.3 is 0 Å². The molecule has 2 aromatic carbocycles. The zero-order valence-electron chi connectivity index (χ0n) is 16.0. The molecule has 0 aliphatic rings. The average Bonchev–Trinajstić information content (AvgIpc) is 3.18. The number of nitrogens with one attached hydrogen (secondary N) is 1. The SMILES string of the molecule is COc1ccc(C(=O)Nc2nc(S(=O)(=O)Cc3ccc(C)cc3)ns2)c(OC)c1. The van der Waals surface area contributed by atoms with Gasteiger partial charge in [-0.25, -0.2) is 8.42 Å². The van der Waals surface area contributed by atoms with E-state index in [1.807, 2.05) is 19.1 Å². The molecule has 0 unspecified atom stereocenters. The third kappa shape index (κ3) is 4.90. The van der Waals surface area contributed by atoms with Gasteiger partial charge in [0.15, 0.2) is 0 Å². The molecule has 29 heavy (non-hydrogen) atoms. The van der Waals surface area contributed by atoms with Crippen LogP contribution in [-0.2, 0) is 15.6 Å². The Morgan fingerprint density at radius 3 is 2.48 bits per heavy atom. The topological polar surface area (TPSA) is 107 Å². The second kappa shape index (κ2) is 8.58. The minimum absolute atomic E-state index is 0.0790. The zero-order valence-corrected chi connectivity index (χ0v) is 17.6. The van der Waals surface area contributed by atoms with Crippen molar-refractivity contribution in [2.75, 3.05) is 19.5 Å². The lowest BCUT2D eigenvalue weighted by Crippen LogP contribution is -2.13. The largest absolute Gasteiger partial charge is 0.497 e. The Morgan fingerprint density at radius 2 is 1.83 bits per heavy atom. The lowest BCUT2D eigenvalue weighted by molar-refractivity contribution is 0.102. The monoisotopic (exact) mass is 433 g/mol. The molecule has 0 saturated heterocycles. The van der Waals surface area contributed by atoms with Gasteiger partial charge in [0.2, 0.25) is 15.0 Å². The Hall–Kier alpha value is -2.98. The molecule has 152 valence electrons. The first-order valence-corrected chi connectivity index (χ1v) is 10.9. The minimum Gasteiger partial charge on any atom is -0.497 e. The third-order valence-corrected chi connectivity index (χ3v) is 6.24. The van der Waals surface area contributed by atoms with Crippen LogP contribution in [0, 0.1) is 6.92 Å². The van der Waals surface area contributed by atoms with Gasteiger partial charge in [-0.1, -0.05) is 29.8 Å². The number of carbonyl (C=O) groups excluding carboxylic acids is 1. The van der Waals surface area contributed by atoms with E-state index < -0.39 is 15.7 Å². The van der Waals surface area contributed by atoms with Gasteiger partial charge in [0.05, 0.1) is 25.5 Å². The third-order valence-electron chi connectivity index (χ3n) is 4.04. The maximum absolute atomic E-state index is 12.6. The second-order valence-electron chi connectivity index (χ2n) is 6.15. The highest BCUT2D eigenvalue weighted by Gasteiger charge is 2.23. The molecule has 1 N–H and O–H groups in total. The number of carbonyl (C=O) groups is 1. The van der Waals surface area contributed by atoms with E-state index in [0.717, 1.165) is 17.1 Å².